The predicted octanol–water partition coefficient (Wildman–Crippen LogP) is 4.19. The van der Waals surface area contributed by atoms with Gasteiger partial charge in [0, 0.05) is 6.54 Å². The van der Waals surface area contributed by atoms with E-state index in [1.807, 2.05) is 24.3 Å². The Morgan fingerprint density at radius 1 is 1.00 bits per heavy atom. The topological polar surface area (TPSA) is 24.1 Å². The van der Waals surface area contributed by atoms with Crippen LogP contribution in [0.1, 0.15) is 36.9 Å². The summed E-state index contributed by atoms with van der Waals surface area (Å²) < 4.78 is 0. The maximum absolute atomic E-state index is 5.42. The van der Waals surface area contributed by atoms with Crippen LogP contribution in [0.25, 0.3) is 0 Å². The van der Waals surface area contributed by atoms with Crippen molar-refractivity contribution in [1.29, 1.82) is 0 Å². The molecule has 3 heteroatoms. The molecule has 0 fully saturated rings. The second-order valence-electron chi connectivity index (χ2n) is 5.06. The van der Waals surface area contributed by atoms with Crippen molar-refractivity contribution in [2.75, 3.05) is 0 Å². The first kappa shape index (κ1) is 15.5. The van der Waals surface area contributed by atoms with E-state index in [4.69, 9.17) is 12.2 Å². The van der Waals surface area contributed by atoms with Gasteiger partial charge in [-0.2, -0.15) is 0 Å². The molecule has 0 bridgehead atoms. The highest BCUT2D eigenvalue weighted by Gasteiger charge is 2.11. The van der Waals surface area contributed by atoms with Crippen molar-refractivity contribution in [3.8, 4) is 0 Å². The number of nitrogens with one attached hydrogen (secondary N) is 2. The zero-order chi connectivity index (χ0) is 14.9. The molecular formula is C18H22N2S. The van der Waals surface area contributed by atoms with Crippen LogP contribution in [-0.2, 0) is 6.54 Å². The number of rotatable bonds is 6. The molecule has 2 aromatic carbocycles. The zero-order valence-corrected chi connectivity index (χ0v) is 13.2. The minimum Gasteiger partial charge on any atom is -0.359 e. The summed E-state index contributed by atoms with van der Waals surface area (Å²) in [5, 5.41) is 7.41. The standard InChI is InChI=1S/C18H22N2S/c1-2-9-17(16-12-7-4-8-13-16)20-18(21)19-14-15-10-5-3-6-11-15/h3-8,10-13,17H,2,9,14H2,1H3,(H2,19,20,21)/t17-/m0/s1. The molecule has 0 aliphatic rings. The van der Waals surface area contributed by atoms with E-state index < -0.39 is 0 Å². The lowest BCUT2D eigenvalue weighted by molar-refractivity contribution is 0.575. The van der Waals surface area contributed by atoms with Crippen LogP contribution in [0.15, 0.2) is 60.7 Å². The minimum atomic E-state index is 0.270. The second kappa shape index (κ2) is 8.42. The molecule has 1 atom stereocenters. The molecule has 21 heavy (non-hydrogen) atoms. The molecular weight excluding hydrogens is 276 g/mol. The van der Waals surface area contributed by atoms with Crippen molar-refractivity contribution >= 4 is 17.3 Å². The molecule has 2 N–H and O–H groups in total. The van der Waals surface area contributed by atoms with Gasteiger partial charge in [-0.1, -0.05) is 74.0 Å². The summed E-state index contributed by atoms with van der Waals surface area (Å²) in [4.78, 5) is 0. The van der Waals surface area contributed by atoms with E-state index in [2.05, 4.69) is 54.0 Å². The molecule has 0 unspecified atom stereocenters. The molecule has 0 saturated carbocycles. The average Bonchev–Trinajstić information content (AvgIpc) is 2.54. The first-order valence-electron chi connectivity index (χ1n) is 7.43. The van der Waals surface area contributed by atoms with Gasteiger partial charge in [-0.15, -0.1) is 0 Å². The third-order valence-corrected chi connectivity index (χ3v) is 3.64. The monoisotopic (exact) mass is 298 g/mol. The van der Waals surface area contributed by atoms with E-state index >= 15 is 0 Å². The summed E-state index contributed by atoms with van der Waals surface area (Å²) in [6, 6.07) is 21.0. The van der Waals surface area contributed by atoms with Crippen molar-refractivity contribution in [3.05, 3.63) is 71.8 Å². The molecule has 2 rings (SSSR count). The molecule has 0 aliphatic carbocycles. The van der Waals surface area contributed by atoms with Gasteiger partial charge in [0.25, 0.3) is 0 Å². The molecule has 0 aromatic heterocycles. The lowest BCUT2D eigenvalue weighted by atomic mass is 10.0. The fourth-order valence-corrected chi connectivity index (χ4v) is 2.50. The molecule has 0 aliphatic heterocycles. The Labute approximate surface area is 132 Å². The molecule has 2 aromatic rings. The molecule has 0 heterocycles. The predicted molar refractivity (Wildman–Crippen MR) is 93.1 cm³/mol. The first-order valence-corrected chi connectivity index (χ1v) is 7.83. The van der Waals surface area contributed by atoms with E-state index in [9.17, 15) is 0 Å². The van der Waals surface area contributed by atoms with Crippen LogP contribution in [0.2, 0.25) is 0 Å². The van der Waals surface area contributed by atoms with Crippen molar-refractivity contribution < 1.29 is 0 Å². The van der Waals surface area contributed by atoms with E-state index in [-0.39, 0.29) is 6.04 Å². The van der Waals surface area contributed by atoms with E-state index in [1.165, 1.54) is 11.1 Å². The maximum Gasteiger partial charge on any atom is 0.167 e. The third-order valence-electron chi connectivity index (χ3n) is 3.38. The Morgan fingerprint density at radius 3 is 2.24 bits per heavy atom. The lowest BCUT2D eigenvalue weighted by Gasteiger charge is -2.21. The van der Waals surface area contributed by atoms with Crippen LogP contribution in [0.3, 0.4) is 0 Å². The molecule has 2 nitrogen and oxygen atoms in total. The lowest BCUT2D eigenvalue weighted by Crippen LogP contribution is -2.37. The molecule has 0 radical (unpaired) electrons. The van der Waals surface area contributed by atoms with Gasteiger partial charge in [-0.25, -0.2) is 0 Å². The Bertz CT molecular complexity index is 540. The molecule has 0 amide bonds. The van der Waals surface area contributed by atoms with Crippen LogP contribution >= 0.6 is 12.2 Å². The smallest absolute Gasteiger partial charge is 0.167 e. The Hall–Kier alpha value is -1.87. The Morgan fingerprint density at radius 2 is 1.62 bits per heavy atom. The van der Waals surface area contributed by atoms with Gasteiger partial charge in [0.05, 0.1) is 6.04 Å². The maximum atomic E-state index is 5.42. The van der Waals surface area contributed by atoms with Crippen molar-refractivity contribution in [1.82, 2.24) is 10.6 Å². The largest absolute Gasteiger partial charge is 0.359 e. The van der Waals surface area contributed by atoms with Gasteiger partial charge in [0.2, 0.25) is 0 Å². The minimum absolute atomic E-state index is 0.270. The Kier molecular flexibility index (Phi) is 6.22. The summed E-state index contributed by atoms with van der Waals surface area (Å²) in [6.07, 6.45) is 2.19. The molecule has 110 valence electrons. The van der Waals surface area contributed by atoms with Gasteiger partial charge in [-0.3, -0.25) is 0 Å². The summed E-state index contributed by atoms with van der Waals surface area (Å²) in [5.74, 6) is 0. The highest BCUT2D eigenvalue weighted by atomic mass is 32.1. The van der Waals surface area contributed by atoms with Gasteiger partial charge < -0.3 is 10.6 Å². The summed E-state index contributed by atoms with van der Waals surface area (Å²) in [5.41, 5.74) is 2.51. The third kappa shape index (κ3) is 5.20. The van der Waals surface area contributed by atoms with Crippen molar-refractivity contribution in [2.24, 2.45) is 0 Å². The van der Waals surface area contributed by atoms with Gasteiger partial charge in [0.1, 0.15) is 0 Å². The van der Waals surface area contributed by atoms with Crippen LogP contribution in [-0.4, -0.2) is 5.11 Å². The molecule has 0 saturated heterocycles. The van der Waals surface area contributed by atoms with Gasteiger partial charge >= 0.3 is 0 Å². The van der Waals surface area contributed by atoms with Crippen LogP contribution in [0.5, 0.6) is 0 Å². The number of thiocarbonyl (C=S) groups is 1. The molecule has 0 spiro atoms. The number of hydrogen-bond donors (Lipinski definition) is 2. The van der Waals surface area contributed by atoms with Crippen molar-refractivity contribution in [2.45, 2.75) is 32.4 Å². The highest BCUT2D eigenvalue weighted by Crippen LogP contribution is 2.17. The van der Waals surface area contributed by atoms with Crippen LogP contribution in [0.4, 0.5) is 0 Å². The van der Waals surface area contributed by atoms with Crippen LogP contribution in [0, 0.1) is 0 Å². The second-order valence-corrected chi connectivity index (χ2v) is 5.47. The average molecular weight is 298 g/mol. The van der Waals surface area contributed by atoms with Gasteiger partial charge in [-0.05, 0) is 29.8 Å². The van der Waals surface area contributed by atoms with Crippen molar-refractivity contribution in [3.63, 3.8) is 0 Å². The SMILES string of the molecule is CCC[C@H](NC(=S)NCc1ccccc1)c1ccccc1. The van der Waals surface area contributed by atoms with E-state index in [0.717, 1.165) is 19.4 Å². The number of hydrogen-bond acceptors (Lipinski definition) is 1. The summed E-state index contributed by atoms with van der Waals surface area (Å²) in [7, 11) is 0. The number of benzene rings is 2. The van der Waals surface area contributed by atoms with E-state index in [0.29, 0.717) is 5.11 Å². The van der Waals surface area contributed by atoms with Gasteiger partial charge in [0.15, 0.2) is 5.11 Å². The highest BCUT2D eigenvalue weighted by molar-refractivity contribution is 7.80. The van der Waals surface area contributed by atoms with E-state index in [1.54, 1.807) is 0 Å². The fraction of sp³-hybridized carbons (Fsp3) is 0.278. The zero-order valence-electron chi connectivity index (χ0n) is 12.4. The van der Waals surface area contributed by atoms with Crippen LogP contribution < -0.4 is 10.6 Å². The summed E-state index contributed by atoms with van der Waals surface area (Å²) >= 11 is 5.42. The normalized spacial score (nSPS) is 11.7. The first-order chi connectivity index (χ1) is 10.3. The fourth-order valence-electron chi connectivity index (χ4n) is 2.28. The Balaban J connectivity index is 1.89. The quantitative estimate of drug-likeness (QED) is 0.782. The summed E-state index contributed by atoms with van der Waals surface area (Å²) in [6.45, 7) is 2.94.